The van der Waals surface area contributed by atoms with Gasteiger partial charge in [-0.15, -0.1) is 12.4 Å². The minimum Gasteiger partial charge on any atom is -0.314 e. The molecule has 11 heavy (non-hydrogen) atoms. The molecule has 1 fully saturated rings. The van der Waals surface area contributed by atoms with Gasteiger partial charge in [-0.3, -0.25) is 9.69 Å². The highest BCUT2D eigenvalue weighted by Crippen LogP contribution is 1.90. The van der Waals surface area contributed by atoms with Crippen molar-refractivity contribution in [2.45, 2.75) is 6.92 Å². The van der Waals surface area contributed by atoms with Crippen LogP contribution in [0.4, 0.5) is 0 Å². The van der Waals surface area contributed by atoms with Crippen molar-refractivity contribution in [2.75, 3.05) is 32.7 Å². The Morgan fingerprint density at radius 1 is 1.45 bits per heavy atom. The molecule has 0 aromatic carbocycles. The summed E-state index contributed by atoms with van der Waals surface area (Å²) in [6.07, 6.45) is 0. The van der Waals surface area contributed by atoms with E-state index in [0.29, 0.717) is 6.54 Å². The van der Waals surface area contributed by atoms with E-state index in [0.717, 1.165) is 26.2 Å². The molecule has 0 radical (unpaired) electrons. The Balaban J connectivity index is 0.000001000. The van der Waals surface area contributed by atoms with E-state index in [2.05, 4.69) is 10.2 Å². The molecule has 0 spiro atoms. The van der Waals surface area contributed by atoms with E-state index in [1.807, 2.05) is 0 Å². The fourth-order valence-electron chi connectivity index (χ4n) is 1.18. The number of carbonyl (C=O) groups excluding carboxylic acids is 1. The summed E-state index contributed by atoms with van der Waals surface area (Å²) in [5, 5.41) is 3.23. The minimum atomic E-state index is 0. The number of Topliss-reactive ketones (excluding diaryl/α,β-unsaturated/α-hetero) is 1. The molecule has 66 valence electrons. The first-order valence-electron chi connectivity index (χ1n) is 3.71. The number of hydrogen-bond donors (Lipinski definition) is 1. The molecule has 0 unspecified atom stereocenters. The quantitative estimate of drug-likeness (QED) is 0.641. The monoisotopic (exact) mass is 178 g/mol. The predicted molar refractivity (Wildman–Crippen MR) is 47.2 cm³/mol. The lowest BCUT2D eigenvalue weighted by molar-refractivity contribution is -0.118. The SMILES string of the molecule is CC(=O)CN1CCNCC1.Cl. The maximum absolute atomic E-state index is 10.6. The molecule has 0 bridgehead atoms. The van der Waals surface area contributed by atoms with Gasteiger partial charge in [-0.1, -0.05) is 0 Å². The van der Waals surface area contributed by atoms with Crippen LogP contribution in [-0.4, -0.2) is 43.4 Å². The molecule has 1 saturated heterocycles. The Bertz CT molecular complexity index is 124. The summed E-state index contributed by atoms with van der Waals surface area (Å²) >= 11 is 0. The number of carbonyl (C=O) groups is 1. The number of piperazine rings is 1. The Labute approximate surface area is 73.5 Å². The average molecular weight is 179 g/mol. The molecule has 0 aliphatic carbocycles. The van der Waals surface area contributed by atoms with Gasteiger partial charge in [0.1, 0.15) is 5.78 Å². The van der Waals surface area contributed by atoms with Crippen molar-refractivity contribution in [3.63, 3.8) is 0 Å². The number of rotatable bonds is 2. The first-order valence-corrected chi connectivity index (χ1v) is 3.71. The van der Waals surface area contributed by atoms with E-state index in [1.165, 1.54) is 0 Å². The van der Waals surface area contributed by atoms with Gasteiger partial charge in [0.2, 0.25) is 0 Å². The predicted octanol–water partition coefficient (Wildman–Crippen LogP) is -0.0976. The topological polar surface area (TPSA) is 32.3 Å². The van der Waals surface area contributed by atoms with E-state index in [-0.39, 0.29) is 18.2 Å². The second-order valence-electron chi connectivity index (χ2n) is 2.73. The zero-order chi connectivity index (χ0) is 7.40. The molecule has 0 aromatic heterocycles. The number of hydrogen-bond acceptors (Lipinski definition) is 3. The van der Waals surface area contributed by atoms with Gasteiger partial charge in [-0.2, -0.15) is 0 Å². The Hall–Kier alpha value is -0.120. The molecule has 1 heterocycles. The van der Waals surface area contributed by atoms with E-state index in [1.54, 1.807) is 6.92 Å². The van der Waals surface area contributed by atoms with Gasteiger partial charge in [-0.05, 0) is 6.92 Å². The van der Waals surface area contributed by atoms with Crippen molar-refractivity contribution < 1.29 is 4.79 Å². The van der Waals surface area contributed by atoms with Crippen LogP contribution >= 0.6 is 12.4 Å². The summed E-state index contributed by atoms with van der Waals surface area (Å²) in [6.45, 7) is 6.34. The van der Waals surface area contributed by atoms with Crippen LogP contribution in [0.25, 0.3) is 0 Å². The number of ketones is 1. The summed E-state index contributed by atoms with van der Waals surface area (Å²) in [4.78, 5) is 12.8. The molecule has 0 aromatic rings. The van der Waals surface area contributed by atoms with Crippen LogP contribution in [0.2, 0.25) is 0 Å². The van der Waals surface area contributed by atoms with E-state index in [4.69, 9.17) is 0 Å². The molecule has 4 heteroatoms. The second kappa shape index (κ2) is 5.52. The second-order valence-corrected chi connectivity index (χ2v) is 2.73. The average Bonchev–Trinajstić information content (AvgIpc) is 1.88. The van der Waals surface area contributed by atoms with Gasteiger partial charge < -0.3 is 5.32 Å². The van der Waals surface area contributed by atoms with Crippen molar-refractivity contribution in [1.82, 2.24) is 10.2 Å². The van der Waals surface area contributed by atoms with E-state index < -0.39 is 0 Å². The van der Waals surface area contributed by atoms with Crippen molar-refractivity contribution in [2.24, 2.45) is 0 Å². The van der Waals surface area contributed by atoms with Gasteiger partial charge in [0, 0.05) is 26.2 Å². The molecule has 1 rings (SSSR count). The maximum atomic E-state index is 10.6. The van der Waals surface area contributed by atoms with Crippen LogP contribution < -0.4 is 5.32 Å². The molecule has 1 N–H and O–H groups in total. The number of halogens is 1. The van der Waals surface area contributed by atoms with Crippen LogP contribution in [0.15, 0.2) is 0 Å². The smallest absolute Gasteiger partial charge is 0.143 e. The van der Waals surface area contributed by atoms with Gasteiger partial charge in [0.25, 0.3) is 0 Å². The summed E-state index contributed by atoms with van der Waals surface area (Å²) in [5.74, 6) is 0.266. The highest BCUT2D eigenvalue weighted by molar-refractivity contribution is 5.85. The zero-order valence-corrected chi connectivity index (χ0v) is 7.62. The van der Waals surface area contributed by atoms with Crippen LogP contribution in [0.1, 0.15) is 6.92 Å². The zero-order valence-electron chi connectivity index (χ0n) is 6.80. The first kappa shape index (κ1) is 10.9. The van der Waals surface area contributed by atoms with Crippen molar-refractivity contribution in [3.8, 4) is 0 Å². The standard InChI is InChI=1S/C7H14N2O.ClH/c1-7(10)6-9-4-2-8-3-5-9;/h8H,2-6H2,1H3;1H. The Morgan fingerprint density at radius 2 is 2.00 bits per heavy atom. The molecular weight excluding hydrogens is 164 g/mol. The molecule has 1 aliphatic rings. The largest absolute Gasteiger partial charge is 0.314 e. The van der Waals surface area contributed by atoms with Crippen LogP contribution in [0.5, 0.6) is 0 Å². The summed E-state index contributed by atoms with van der Waals surface area (Å²) in [7, 11) is 0. The van der Waals surface area contributed by atoms with Crippen molar-refractivity contribution in [3.05, 3.63) is 0 Å². The number of nitrogens with one attached hydrogen (secondary N) is 1. The fourth-order valence-corrected chi connectivity index (χ4v) is 1.18. The fraction of sp³-hybridized carbons (Fsp3) is 0.857. The molecule has 0 amide bonds. The van der Waals surface area contributed by atoms with Crippen LogP contribution in [0.3, 0.4) is 0 Å². The minimum absolute atomic E-state index is 0. The third kappa shape index (κ3) is 4.35. The summed E-state index contributed by atoms with van der Waals surface area (Å²) < 4.78 is 0. The van der Waals surface area contributed by atoms with Gasteiger partial charge in [-0.25, -0.2) is 0 Å². The summed E-state index contributed by atoms with van der Waals surface area (Å²) in [6, 6.07) is 0. The van der Waals surface area contributed by atoms with Gasteiger partial charge >= 0.3 is 0 Å². The third-order valence-corrected chi connectivity index (χ3v) is 1.66. The lowest BCUT2D eigenvalue weighted by Crippen LogP contribution is -2.45. The van der Waals surface area contributed by atoms with Gasteiger partial charge in [0.05, 0.1) is 6.54 Å². The highest BCUT2D eigenvalue weighted by atomic mass is 35.5. The maximum Gasteiger partial charge on any atom is 0.143 e. The van der Waals surface area contributed by atoms with Gasteiger partial charge in [0.15, 0.2) is 0 Å². The van der Waals surface area contributed by atoms with Crippen molar-refractivity contribution >= 4 is 18.2 Å². The lowest BCUT2D eigenvalue weighted by atomic mass is 10.3. The molecule has 0 atom stereocenters. The van der Waals surface area contributed by atoms with Crippen molar-refractivity contribution in [1.29, 1.82) is 0 Å². The Morgan fingerprint density at radius 3 is 2.45 bits per heavy atom. The van der Waals surface area contributed by atoms with Crippen LogP contribution in [0, 0.1) is 0 Å². The number of nitrogens with zero attached hydrogens (tertiary/aromatic N) is 1. The highest BCUT2D eigenvalue weighted by Gasteiger charge is 2.09. The molecular formula is C7H15ClN2O. The molecule has 3 nitrogen and oxygen atoms in total. The first-order chi connectivity index (χ1) is 4.79. The van der Waals surface area contributed by atoms with E-state index in [9.17, 15) is 4.79 Å². The van der Waals surface area contributed by atoms with Crippen LogP contribution in [-0.2, 0) is 4.79 Å². The summed E-state index contributed by atoms with van der Waals surface area (Å²) in [5.41, 5.74) is 0. The molecule has 0 saturated carbocycles. The third-order valence-electron chi connectivity index (χ3n) is 1.66. The molecule has 1 aliphatic heterocycles. The van der Waals surface area contributed by atoms with E-state index >= 15 is 0 Å². The lowest BCUT2D eigenvalue weighted by Gasteiger charge is -2.25. The normalized spacial score (nSPS) is 19.0. The Kier molecular flexibility index (Phi) is 5.46.